The van der Waals surface area contributed by atoms with Crippen molar-refractivity contribution in [1.82, 2.24) is 9.88 Å². The van der Waals surface area contributed by atoms with Gasteiger partial charge >= 0.3 is 0 Å². The number of nitrogens with zero attached hydrogens (tertiary/aromatic N) is 2. The molecular weight excluding hydrogens is 194 g/mol. The van der Waals surface area contributed by atoms with E-state index < -0.39 is 0 Å². The lowest BCUT2D eigenvalue weighted by atomic mass is 10.3. The highest BCUT2D eigenvalue weighted by atomic mass is 16.5. The zero-order valence-electron chi connectivity index (χ0n) is 8.93. The van der Waals surface area contributed by atoms with Gasteiger partial charge in [-0.05, 0) is 12.1 Å². The normalized spacial score (nSPS) is 10.0. The van der Waals surface area contributed by atoms with Crippen molar-refractivity contribution < 1.29 is 9.53 Å². The number of amides is 1. The number of hydrogen-bond acceptors (Lipinski definition) is 4. The Hall–Kier alpha value is -1.62. The van der Waals surface area contributed by atoms with E-state index in [0.717, 1.165) is 0 Å². The molecule has 1 aromatic heterocycles. The number of methoxy groups -OCH3 is 1. The zero-order chi connectivity index (χ0) is 11.3. The van der Waals surface area contributed by atoms with Crippen LogP contribution in [0.15, 0.2) is 18.2 Å². The van der Waals surface area contributed by atoms with E-state index in [4.69, 9.17) is 10.5 Å². The van der Waals surface area contributed by atoms with Crippen LogP contribution in [0.25, 0.3) is 0 Å². The summed E-state index contributed by atoms with van der Waals surface area (Å²) in [6, 6.07) is 4.99. The van der Waals surface area contributed by atoms with Gasteiger partial charge in [-0.1, -0.05) is 6.07 Å². The average Bonchev–Trinajstić information content (AvgIpc) is 2.24. The van der Waals surface area contributed by atoms with Crippen LogP contribution < -0.4 is 5.73 Å². The summed E-state index contributed by atoms with van der Waals surface area (Å²) >= 11 is 0. The molecule has 0 aliphatic heterocycles. The van der Waals surface area contributed by atoms with E-state index in [1.807, 2.05) is 0 Å². The Labute approximate surface area is 88.9 Å². The fraction of sp³-hybridized carbons (Fsp3) is 0.400. The van der Waals surface area contributed by atoms with Gasteiger partial charge in [-0.3, -0.25) is 4.79 Å². The van der Waals surface area contributed by atoms with E-state index in [2.05, 4.69) is 4.98 Å². The van der Waals surface area contributed by atoms with Crippen LogP contribution >= 0.6 is 0 Å². The minimum Gasteiger partial charge on any atom is -0.384 e. The standard InChI is InChI=1S/C10H15N3O2/c1-13(6-7-15-2)10(14)8-4-3-5-9(11)12-8/h3-5H,6-7H2,1-2H3,(H2,11,12). The van der Waals surface area contributed by atoms with Crippen molar-refractivity contribution in [2.75, 3.05) is 33.0 Å². The molecular formula is C10H15N3O2. The molecule has 0 spiro atoms. The largest absolute Gasteiger partial charge is 0.384 e. The van der Waals surface area contributed by atoms with Crippen LogP contribution in [0.5, 0.6) is 0 Å². The third kappa shape index (κ3) is 3.21. The molecule has 0 aliphatic carbocycles. The maximum Gasteiger partial charge on any atom is 0.272 e. The first-order chi connectivity index (χ1) is 7.15. The molecule has 0 fully saturated rings. The Morgan fingerprint density at radius 1 is 1.60 bits per heavy atom. The van der Waals surface area contributed by atoms with E-state index in [1.54, 1.807) is 37.3 Å². The molecule has 0 aliphatic rings. The van der Waals surface area contributed by atoms with Crippen molar-refractivity contribution >= 4 is 11.7 Å². The molecule has 1 rings (SSSR count). The molecule has 5 nitrogen and oxygen atoms in total. The highest BCUT2D eigenvalue weighted by Crippen LogP contribution is 2.03. The summed E-state index contributed by atoms with van der Waals surface area (Å²) in [5.74, 6) is 0.195. The molecule has 1 amide bonds. The van der Waals surface area contributed by atoms with E-state index in [9.17, 15) is 4.79 Å². The SMILES string of the molecule is COCCN(C)C(=O)c1cccc(N)n1. The summed E-state index contributed by atoms with van der Waals surface area (Å²) in [6.07, 6.45) is 0. The molecule has 1 aromatic rings. The van der Waals surface area contributed by atoms with Gasteiger partial charge in [0.25, 0.3) is 5.91 Å². The second-order valence-corrected chi connectivity index (χ2v) is 3.17. The Balaban J connectivity index is 2.67. The zero-order valence-corrected chi connectivity index (χ0v) is 8.93. The van der Waals surface area contributed by atoms with Gasteiger partial charge in [0.1, 0.15) is 11.5 Å². The van der Waals surface area contributed by atoms with Crippen LogP contribution in [-0.4, -0.2) is 43.1 Å². The second-order valence-electron chi connectivity index (χ2n) is 3.17. The van der Waals surface area contributed by atoms with Gasteiger partial charge in [0, 0.05) is 20.7 Å². The number of aromatic nitrogens is 1. The molecule has 0 bridgehead atoms. The minimum atomic E-state index is -0.153. The first-order valence-electron chi connectivity index (χ1n) is 4.62. The second kappa shape index (κ2) is 5.31. The van der Waals surface area contributed by atoms with Gasteiger partial charge in [-0.15, -0.1) is 0 Å². The maximum absolute atomic E-state index is 11.8. The maximum atomic E-state index is 11.8. The molecule has 0 saturated carbocycles. The third-order valence-corrected chi connectivity index (χ3v) is 1.97. The first kappa shape index (κ1) is 11.5. The predicted octanol–water partition coefficient (Wildman–Crippen LogP) is 0.382. The Bertz CT molecular complexity index is 341. The van der Waals surface area contributed by atoms with Gasteiger partial charge < -0.3 is 15.4 Å². The lowest BCUT2D eigenvalue weighted by Gasteiger charge is -2.15. The number of nitrogen functional groups attached to an aromatic ring is 1. The summed E-state index contributed by atoms with van der Waals surface area (Å²) in [5.41, 5.74) is 5.85. The van der Waals surface area contributed by atoms with Gasteiger partial charge in [-0.25, -0.2) is 4.98 Å². The van der Waals surface area contributed by atoms with Crippen LogP contribution in [0.2, 0.25) is 0 Å². The molecule has 5 heteroatoms. The lowest BCUT2D eigenvalue weighted by molar-refractivity contribution is 0.0739. The van der Waals surface area contributed by atoms with Crippen molar-refractivity contribution in [3.05, 3.63) is 23.9 Å². The molecule has 0 radical (unpaired) electrons. The van der Waals surface area contributed by atoms with Gasteiger partial charge in [0.2, 0.25) is 0 Å². The summed E-state index contributed by atoms with van der Waals surface area (Å²) in [7, 11) is 3.29. The predicted molar refractivity (Wildman–Crippen MR) is 57.5 cm³/mol. The minimum absolute atomic E-state index is 0.153. The van der Waals surface area contributed by atoms with Crippen LogP contribution in [0.1, 0.15) is 10.5 Å². The van der Waals surface area contributed by atoms with E-state index in [-0.39, 0.29) is 5.91 Å². The van der Waals surface area contributed by atoms with Gasteiger partial charge in [0.15, 0.2) is 0 Å². The summed E-state index contributed by atoms with van der Waals surface area (Å²) < 4.78 is 4.88. The molecule has 0 unspecified atom stereocenters. The summed E-state index contributed by atoms with van der Waals surface area (Å²) in [5, 5.41) is 0. The lowest BCUT2D eigenvalue weighted by Crippen LogP contribution is -2.30. The highest BCUT2D eigenvalue weighted by Gasteiger charge is 2.12. The monoisotopic (exact) mass is 209 g/mol. The third-order valence-electron chi connectivity index (χ3n) is 1.97. The molecule has 15 heavy (non-hydrogen) atoms. The number of carbonyl (C=O) groups excluding carboxylic acids is 1. The van der Waals surface area contributed by atoms with Crippen molar-refractivity contribution in [2.45, 2.75) is 0 Å². The van der Waals surface area contributed by atoms with Crippen LogP contribution in [0.4, 0.5) is 5.82 Å². The first-order valence-corrected chi connectivity index (χ1v) is 4.62. The Morgan fingerprint density at radius 2 is 2.33 bits per heavy atom. The van der Waals surface area contributed by atoms with Crippen LogP contribution in [0.3, 0.4) is 0 Å². The van der Waals surface area contributed by atoms with E-state index in [1.165, 1.54) is 0 Å². The number of nitrogens with two attached hydrogens (primary N) is 1. The molecule has 1 heterocycles. The smallest absolute Gasteiger partial charge is 0.272 e. The number of rotatable bonds is 4. The van der Waals surface area contributed by atoms with Crippen molar-refractivity contribution in [2.24, 2.45) is 0 Å². The van der Waals surface area contributed by atoms with Gasteiger partial charge in [-0.2, -0.15) is 0 Å². The van der Waals surface area contributed by atoms with E-state index >= 15 is 0 Å². The Morgan fingerprint density at radius 3 is 2.93 bits per heavy atom. The number of carbonyl (C=O) groups is 1. The number of anilines is 1. The number of pyridine rings is 1. The molecule has 82 valence electrons. The van der Waals surface area contributed by atoms with Gasteiger partial charge in [0.05, 0.1) is 6.61 Å². The fourth-order valence-corrected chi connectivity index (χ4v) is 1.10. The number of ether oxygens (including phenoxy) is 1. The molecule has 0 saturated heterocycles. The summed E-state index contributed by atoms with van der Waals surface area (Å²) in [6.45, 7) is 1.04. The quantitative estimate of drug-likeness (QED) is 0.778. The van der Waals surface area contributed by atoms with Crippen molar-refractivity contribution in [3.8, 4) is 0 Å². The number of hydrogen-bond donors (Lipinski definition) is 1. The molecule has 2 N–H and O–H groups in total. The van der Waals surface area contributed by atoms with Crippen molar-refractivity contribution in [3.63, 3.8) is 0 Å². The van der Waals surface area contributed by atoms with Crippen LogP contribution in [0, 0.1) is 0 Å². The van der Waals surface area contributed by atoms with Crippen molar-refractivity contribution in [1.29, 1.82) is 0 Å². The highest BCUT2D eigenvalue weighted by molar-refractivity contribution is 5.92. The average molecular weight is 209 g/mol. The molecule has 0 atom stereocenters. The Kier molecular flexibility index (Phi) is 4.05. The topological polar surface area (TPSA) is 68.5 Å². The van der Waals surface area contributed by atoms with E-state index in [0.29, 0.717) is 24.7 Å². The molecule has 0 aromatic carbocycles. The number of likely N-dealkylation sites (N-methyl/N-ethyl adjacent to an activating group) is 1. The summed E-state index contributed by atoms with van der Waals surface area (Å²) in [4.78, 5) is 17.2. The fourth-order valence-electron chi connectivity index (χ4n) is 1.10. The van der Waals surface area contributed by atoms with Crippen LogP contribution in [-0.2, 0) is 4.74 Å².